The summed E-state index contributed by atoms with van der Waals surface area (Å²) in [5.74, 6) is -1.49. The van der Waals surface area contributed by atoms with E-state index in [0.29, 0.717) is 37.7 Å². The Morgan fingerprint density at radius 2 is 1.91 bits per heavy atom. The van der Waals surface area contributed by atoms with Gasteiger partial charge in [-0.25, -0.2) is 14.2 Å². The van der Waals surface area contributed by atoms with Crippen LogP contribution in [0.5, 0.6) is 5.75 Å². The van der Waals surface area contributed by atoms with E-state index in [9.17, 15) is 14.3 Å². The van der Waals surface area contributed by atoms with Gasteiger partial charge in [-0.1, -0.05) is 54.5 Å². The summed E-state index contributed by atoms with van der Waals surface area (Å²) in [5, 5.41) is 16.1. The average Bonchev–Trinajstić information content (AvgIpc) is 3.35. The molecule has 4 aromatic rings. The van der Waals surface area contributed by atoms with Gasteiger partial charge in [-0.05, 0) is 36.8 Å². The van der Waals surface area contributed by atoms with Crippen LogP contribution in [-0.4, -0.2) is 38.2 Å². The van der Waals surface area contributed by atoms with Gasteiger partial charge in [0.2, 0.25) is 5.13 Å². The van der Waals surface area contributed by atoms with Crippen LogP contribution in [0.1, 0.15) is 30.0 Å². The van der Waals surface area contributed by atoms with Gasteiger partial charge in [-0.3, -0.25) is 0 Å². The van der Waals surface area contributed by atoms with E-state index in [4.69, 9.17) is 32.9 Å². The van der Waals surface area contributed by atoms with E-state index in [1.165, 1.54) is 35.3 Å². The molecule has 0 saturated carbocycles. The molecule has 0 radical (unpaired) electrons. The summed E-state index contributed by atoms with van der Waals surface area (Å²) in [7, 11) is 1.42. The molecular weight excluding hydrogens is 532 g/mol. The van der Waals surface area contributed by atoms with Gasteiger partial charge in [0, 0.05) is 22.4 Å². The highest BCUT2D eigenvalue weighted by Gasteiger charge is 2.27. The minimum absolute atomic E-state index is 0.120. The van der Waals surface area contributed by atoms with Crippen LogP contribution < -0.4 is 4.74 Å². The second kappa shape index (κ2) is 10.2. The summed E-state index contributed by atoms with van der Waals surface area (Å²) in [6.45, 7) is 5.78. The number of carboxylic acid groups (broad SMARTS) is 1. The number of aromatic nitrogens is 3. The van der Waals surface area contributed by atoms with E-state index in [2.05, 4.69) is 18.9 Å². The fraction of sp³-hybridized carbons (Fsp3) is 0.208. The van der Waals surface area contributed by atoms with Crippen molar-refractivity contribution in [2.24, 2.45) is 0 Å². The van der Waals surface area contributed by atoms with Gasteiger partial charge in [0.05, 0.1) is 32.8 Å². The van der Waals surface area contributed by atoms with Crippen molar-refractivity contribution in [1.29, 1.82) is 0 Å². The molecule has 0 spiro atoms. The summed E-state index contributed by atoms with van der Waals surface area (Å²) < 4.78 is 21.6. The lowest BCUT2D eigenvalue weighted by Crippen LogP contribution is -2.09. The van der Waals surface area contributed by atoms with Crippen molar-refractivity contribution < 1.29 is 19.0 Å². The van der Waals surface area contributed by atoms with Crippen LogP contribution in [0.3, 0.4) is 0 Å². The van der Waals surface area contributed by atoms with E-state index in [0.717, 1.165) is 9.77 Å². The average molecular weight is 552 g/mol. The number of ether oxygens (including phenoxy) is 1. The van der Waals surface area contributed by atoms with Crippen molar-refractivity contribution in [1.82, 2.24) is 14.8 Å². The largest absolute Gasteiger partial charge is 0.497 e. The maximum absolute atomic E-state index is 14.2. The van der Waals surface area contributed by atoms with Crippen molar-refractivity contribution in [3.8, 4) is 33.3 Å². The molecule has 0 atom stereocenters. The molecule has 35 heavy (non-hydrogen) atoms. The smallest absolute Gasteiger partial charge is 0.355 e. The van der Waals surface area contributed by atoms with Crippen molar-refractivity contribution in [2.45, 2.75) is 30.2 Å². The Hall–Kier alpha value is -2.59. The van der Waals surface area contributed by atoms with Crippen molar-refractivity contribution in [3.05, 3.63) is 63.6 Å². The first-order valence-electron chi connectivity index (χ1n) is 10.4. The molecular formula is C24H20Cl2FN3O3S2. The molecule has 0 aliphatic rings. The first-order valence-corrected chi connectivity index (χ1v) is 12.9. The van der Waals surface area contributed by atoms with Gasteiger partial charge >= 0.3 is 5.97 Å². The zero-order valence-electron chi connectivity index (χ0n) is 19.1. The summed E-state index contributed by atoms with van der Waals surface area (Å²) in [4.78, 5) is 17.2. The van der Waals surface area contributed by atoms with Gasteiger partial charge in [0.25, 0.3) is 0 Å². The van der Waals surface area contributed by atoms with E-state index >= 15 is 0 Å². The lowest BCUT2D eigenvalue weighted by Gasteiger charge is -2.07. The summed E-state index contributed by atoms with van der Waals surface area (Å²) >= 11 is 15.3. The molecule has 0 aliphatic heterocycles. The number of carbonyl (C=O) groups is 1. The van der Waals surface area contributed by atoms with Gasteiger partial charge in [0.1, 0.15) is 11.6 Å². The van der Waals surface area contributed by atoms with Crippen molar-refractivity contribution in [2.75, 3.05) is 7.11 Å². The van der Waals surface area contributed by atoms with E-state index in [1.807, 2.05) is 6.07 Å². The molecule has 2 aromatic carbocycles. The molecule has 0 aliphatic carbocycles. The lowest BCUT2D eigenvalue weighted by molar-refractivity contribution is 0.0688. The number of aromatic carboxylic acids is 1. The molecule has 11 heteroatoms. The maximum Gasteiger partial charge on any atom is 0.355 e. The van der Waals surface area contributed by atoms with Crippen molar-refractivity contribution in [3.63, 3.8) is 0 Å². The van der Waals surface area contributed by atoms with Crippen molar-refractivity contribution >= 4 is 52.3 Å². The molecule has 4 rings (SSSR count). The number of rotatable bonds is 7. The first-order chi connectivity index (χ1) is 16.6. The van der Waals surface area contributed by atoms with Crippen LogP contribution in [-0.2, 0) is 0 Å². The minimum atomic E-state index is -1.21. The van der Waals surface area contributed by atoms with E-state index < -0.39 is 11.8 Å². The number of benzene rings is 2. The first kappa shape index (κ1) is 25.5. The molecule has 2 heterocycles. The Bertz CT molecular complexity index is 1440. The molecule has 6 nitrogen and oxygen atoms in total. The Morgan fingerprint density at radius 3 is 2.54 bits per heavy atom. The number of carboxylic acids is 1. The summed E-state index contributed by atoms with van der Waals surface area (Å²) in [5.41, 5.74) is 2.34. The fourth-order valence-corrected chi connectivity index (χ4v) is 6.32. The number of aryl methyl sites for hydroxylation is 1. The van der Waals surface area contributed by atoms with Gasteiger partial charge in [-0.15, -0.1) is 11.8 Å². The number of hydrogen-bond acceptors (Lipinski definition) is 6. The highest BCUT2D eigenvalue weighted by Crippen LogP contribution is 2.42. The molecule has 0 saturated heterocycles. The number of thiazole rings is 1. The third kappa shape index (κ3) is 5.18. The van der Waals surface area contributed by atoms with Crippen LogP contribution in [0.25, 0.3) is 27.5 Å². The number of nitrogens with zero attached hydrogens (tertiary/aromatic N) is 3. The van der Waals surface area contributed by atoms with Gasteiger partial charge < -0.3 is 9.84 Å². The molecule has 2 aromatic heterocycles. The lowest BCUT2D eigenvalue weighted by atomic mass is 10.0. The third-order valence-electron chi connectivity index (χ3n) is 4.96. The summed E-state index contributed by atoms with van der Waals surface area (Å²) in [6.07, 6.45) is 0. The number of halogens is 3. The standard InChI is InChI=1S/C24H20Cl2FN3O3S2/c1-11(2)34-23-20(13-5-6-17(25)18(26)9-13)28-24(35-23)30-21(22(31)32)19(12(3)29-30)14-7-15(27)10-16(8-14)33-4/h5-11H,1-4H3,(H,31,32). The van der Waals surface area contributed by atoms with E-state index in [-0.39, 0.29) is 16.7 Å². The third-order valence-corrected chi connectivity index (χ3v) is 7.94. The highest BCUT2D eigenvalue weighted by atomic mass is 35.5. The second-order valence-corrected chi connectivity index (χ2v) is 11.5. The molecule has 0 amide bonds. The minimum Gasteiger partial charge on any atom is -0.497 e. The SMILES string of the molecule is COc1cc(F)cc(-c2c(C)nn(-c3nc(-c4ccc(Cl)c(Cl)c4)c(SC(C)C)s3)c2C(=O)O)c1. The molecule has 182 valence electrons. The zero-order chi connectivity index (χ0) is 25.4. The van der Waals surface area contributed by atoms with Crippen LogP contribution in [0.15, 0.2) is 40.6 Å². The topological polar surface area (TPSA) is 77.2 Å². The molecule has 0 bridgehead atoms. The van der Waals surface area contributed by atoms with E-state index in [1.54, 1.807) is 36.9 Å². The molecule has 0 unspecified atom stereocenters. The van der Waals surface area contributed by atoms with Crippen LogP contribution >= 0.6 is 46.3 Å². The molecule has 0 fully saturated rings. The normalized spacial score (nSPS) is 11.3. The second-order valence-electron chi connectivity index (χ2n) is 7.83. The Balaban J connectivity index is 1.93. The monoisotopic (exact) mass is 551 g/mol. The van der Waals surface area contributed by atoms with Gasteiger partial charge in [0.15, 0.2) is 5.69 Å². The summed E-state index contributed by atoms with van der Waals surface area (Å²) in [6, 6.07) is 9.29. The number of hydrogen-bond donors (Lipinski definition) is 1. The maximum atomic E-state index is 14.2. The van der Waals surface area contributed by atoms with Crippen LogP contribution in [0, 0.1) is 12.7 Å². The predicted octanol–water partition coefficient (Wildman–Crippen LogP) is 7.62. The predicted molar refractivity (Wildman–Crippen MR) is 139 cm³/mol. The van der Waals surface area contributed by atoms with Gasteiger partial charge in [-0.2, -0.15) is 9.78 Å². The highest BCUT2D eigenvalue weighted by molar-refractivity contribution is 8.01. The fourth-order valence-electron chi connectivity index (χ4n) is 3.54. The molecule has 1 N–H and O–H groups in total. The zero-order valence-corrected chi connectivity index (χ0v) is 22.2. The van der Waals surface area contributed by atoms with Crippen LogP contribution in [0.4, 0.5) is 4.39 Å². The Labute approximate surface area is 219 Å². The Morgan fingerprint density at radius 1 is 1.17 bits per heavy atom. The number of methoxy groups -OCH3 is 1. The van der Waals surface area contributed by atoms with Crippen LogP contribution in [0.2, 0.25) is 10.0 Å². The quantitative estimate of drug-likeness (QED) is 0.238. The number of thioether (sulfide) groups is 1. The Kier molecular flexibility index (Phi) is 7.42.